The summed E-state index contributed by atoms with van der Waals surface area (Å²) < 4.78 is 20.4. The molecule has 1 aliphatic rings. The molecule has 0 aliphatic carbocycles. The highest BCUT2D eigenvalue weighted by atomic mass is 32.1. The van der Waals surface area contributed by atoms with E-state index in [0.717, 1.165) is 6.42 Å². The molecule has 0 aromatic heterocycles. The molecule has 4 heteroatoms. The minimum absolute atomic E-state index is 0.131. The van der Waals surface area contributed by atoms with E-state index in [4.69, 9.17) is 9.47 Å². The predicted molar refractivity (Wildman–Crippen MR) is 37.8 cm³/mol. The zero-order valence-corrected chi connectivity index (χ0v) is 6.73. The molecule has 1 fully saturated rings. The molecule has 0 radical (unpaired) electrons. The van der Waals surface area contributed by atoms with Crippen molar-refractivity contribution >= 4 is 11.7 Å². The third-order valence-corrected chi connectivity index (χ3v) is 1.97. The lowest BCUT2D eigenvalue weighted by Crippen LogP contribution is -2.16. The monoisotopic (exact) mass is 163 g/mol. The van der Waals surface area contributed by atoms with Crippen molar-refractivity contribution in [2.45, 2.75) is 24.7 Å². The molecule has 0 aromatic rings. The van der Waals surface area contributed by atoms with Gasteiger partial charge in [-0.3, -0.25) is 0 Å². The Morgan fingerprint density at radius 3 is 3.10 bits per heavy atom. The molecule has 0 amide bonds. The summed E-state index contributed by atoms with van der Waals surface area (Å²) in [7, 11) is 0. The van der Waals surface area contributed by atoms with E-state index in [1.807, 2.05) is 6.92 Å². The Morgan fingerprint density at radius 2 is 2.60 bits per heavy atom. The Hall–Kier alpha value is -0.0600. The minimum atomic E-state index is 0.131. The van der Waals surface area contributed by atoms with E-state index < -0.39 is 0 Å². The van der Waals surface area contributed by atoms with Crippen molar-refractivity contribution in [2.75, 3.05) is 13.4 Å². The van der Waals surface area contributed by atoms with Crippen LogP contribution >= 0.6 is 0 Å². The first-order valence-electron chi connectivity index (χ1n) is 3.31. The van der Waals surface area contributed by atoms with E-state index in [0.29, 0.717) is 25.1 Å². The summed E-state index contributed by atoms with van der Waals surface area (Å²) in [6, 6.07) is 0. The van der Waals surface area contributed by atoms with E-state index in [-0.39, 0.29) is 11.4 Å². The van der Waals surface area contributed by atoms with Crippen molar-refractivity contribution in [1.82, 2.24) is 0 Å². The second kappa shape index (κ2) is 3.95. The molecule has 1 aliphatic heterocycles. The van der Waals surface area contributed by atoms with Gasteiger partial charge in [0.1, 0.15) is 6.79 Å². The largest absolute Gasteiger partial charge is 0.461 e. The molecule has 10 heavy (non-hydrogen) atoms. The fourth-order valence-electron chi connectivity index (χ4n) is 0.918. The summed E-state index contributed by atoms with van der Waals surface area (Å²) in [5, 5.41) is 0.131. The standard InChI is InChI=1S/C6H11O3S/c1-5(10-7)2-6-3-8-4-9-6/h5-6H,2-4H2,1H3/q+1. The highest BCUT2D eigenvalue weighted by molar-refractivity contribution is 7.66. The van der Waals surface area contributed by atoms with Crippen molar-refractivity contribution in [3.63, 3.8) is 0 Å². The molecular formula is C6H11O3S+. The van der Waals surface area contributed by atoms with Crippen molar-refractivity contribution in [3.05, 3.63) is 0 Å². The van der Waals surface area contributed by atoms with Crippen LogP contribution in [-0.2, 0) is 25.3 Å². The number of rotatable bonds is 3. The molecule has 1 rings (SSSR count). The summed E-state index contributed by atoms with van der Waals surface area (Å²) in [5.74, 6) is 0. The van der Waals surface area contributed by atoms with Gasteiger partial charge >= 0.3 is 11.7 Å². The minimum Gasteiger partial charge on any atom is -0.353 e. The smallest absolute Gasteiger partial charge is 0.353 e. The van der Waals surface area contributed by atoms with Gasteiger partial charge in [0.05, 0.1) is 12.7 Å². The van der Waals surface area contributed by atoms with E-state index >= 15 is 0 Å². The second-order valence-corrected chi connectivity index (χ2v) is 3.42. The maximum Gasteiger partial charge on any atom is 0.461 e. The van der Waals surface area contributed by atoms with Crippen LogP contribution in [0.2, 0.25) is 0 Å². The molecule has 1 heterocycles. The first-order valence-corrected chi connectivity index (χ1v) is 4.11. The van der Waals surface area contributed by atoms with Crippen LogP contribution in [0.4, 0.5) is 0 Å². The molecule has 0 aromatic carbocycles. The number of hydrogen-bond donors (Lipinski definition) is 0. The van der Waals surface area contributed by atoms with Crippen molar-refractivity contribution in [2.24, 2.45) is 0 Å². The van der Waals surface area contributed by atoms with Crippen molar-refractivity contribution < 1.29 is 13.7 Å². The zero-order valence-electron chi connectivity index (χ0n) is 5.91. The Bertz CT molecular complexity index is 112. The molecule has 0 N–H and O–H groups in total. The lowest BCUT2D eigenvalue weighted by Gasteiger charge is -2.01. The first-order chi connectivity index (χ1) is 4.83. The van der Waals surface area contributed by atoms with Crippen LogP contribution < -0.4 is 0 Å². The zero-order chi connectivity index (χ0) is 7.40. The van der Waals surface area contributed by atoms with Gasteiger partial charge in [-0.1, -0.05) is 0 Å². The predicted octanol–water partition coefficient (Wildman–Crippen LogP) is 0.566. The average molecular weight is 163 g/mol. The molecule has 2 unspecified atom stereocenters. The quantitative estimate of drug-likeness (QED) is 0.570. The van der Waals surface area contributed by atoms with Gasteiger partial charge in [0.25, 0.3) is 0 Å². The van der Waals surface area contributed by atoms with Crippen LogP contribution in [0.15, 0.2) is 0 Å². The molecule has 1 saturated heterocycles. The van der Waals surface area contributed by atoms with Gasteiger partial charge in [-0.25, -0.2) is 0 Å². The highest BCUT2D eigenvalue weighted by Crippen LogP contribution is 2.10. The van der Waals surface area contributed by atoms with Crippen molar-refractivity contribution in [3.8, 4) is 0 Å². The first kappa shape index (κ1) is 8.04. The van der Waals surface area contributed by atoms with Gasteiger partial charge in [-0.2, -0.15) is 0 Å². The molecule has 58 valence electrons. The van der Waals surface area contributed by atoms with Gasteiger partial charge < -0.3 is 9.47 Å². The second-order valence-electron chi connectivity index (χ2n) is 2.42. The topological polar surface area (TPSA) is 35.5 Å². The van der Waals surface area contributed by atoms with Crippen LogP contribution in [0.5, 0.6) is 0 Å². The Kier molecular flexibility index (Phi) is 3.18. The van der Waals surface area contributed by atoms with Crippen LogP contribution in [0.3, 0.4) is 0 Å². The molecule has 0 spiro atoms. The third-order valence-electron chi connectivity index (χ3n) is 1.45. The SMILES string of the molecule is CC(CC1COCO1)[S+]=O. The molecule has 2 atom stereocenters. The Balaban J connectivity index is 2.17. The summed E-state index contributed by atoms with van der Waals surface area (Å²) in [5.41, 5.74) is 0. The number of hydrogen-bond acceptors (Lipinski definition) is 3. The number of ether oxygens (including phenoxy) is 2. The summed E-state index contributed by atoms with van der Waals surface area (Å²) in [6.07, 6.45) is 0.949. The fraction of sp³-hybridized carbons (Fsp3) is 1.00. The van der Waals surface area contributed by atoms with Gasteiger partial charge in [0, 0.05) is 10.6 Å². The van der Waals surface area contributed by atoms with Gasteiger partial charge in [-0.05, 0) is 6.92 Å². The van der Waals surface area contributed by atoms with Crippen LogP contribution in [0.1, 0.15) is 13.3 Å². The average Bonchev–Trinajstić information content (AvgIpc) is 2.40. The maximum atomic E-state index is 10.2. The van der Waals surface area contributed by atoms with E-state index in [1.54, 1.807) is 0 Å². The van der Waals surface area contributed by atoms with E-state index in [9.17, 15) is 4.21 Å². The fourth-order valence-corrected chi connectivity index (χ4v) is 1.21. The third kappa shape index (κ3) is 2.28. The summed E-state index contributed by atoms with van der Waals surface area (Å²) in [4.78, 5) is 0. The van der Waals surface area contributed by atoms with Gasteiger partial charge in [-0.15, -0.1) is 0 Å². The van der Waals surface area contributed by atoms with Crippen LogP contribution in [0, 0.1) is 0 Å². The van der Waals surface area contributed by atoms with Crippen LogP contribution in [-0.4, -0.2) is 24.8 Å². The lowest BCUT2D eigenvalue weighted by atomic mass is 10.2. The molecule has 3 nitrogen and oxygen atoms in total. The Labute approximate surface area is 64.2 Å². The molecular weight excluding hydrogens is 152 g/mol. The van der Waals surface area contributed by atoms with E-state index in [1.165, 1.54) is 0 Å². The van der Waals surface area contributed by atoms with Gasteiger partial charge in [0.15, 0.2) is 0 Å². The van der Waals surface area contributed by atoms with Crippen LogP contribution in [0.25, 0.3) is 0 Å². The lowest BCUT2D eigenvalue weighted by molar-refractivity contribution is 0.0449. The molecule has 0 saturated carbocycles. The van der Waals surface area contributed by atoms with Gasteiger partial charge in [0.2, 0.25) is 5.25 Å². The Morgan fingerprint density at radius 1 is 1.80 bits per heavy atom. The summed E-state index contributed by atoms with van der Waals surface area (Å²) >= 11 is 0.626. The molecule has 0 bridgehead atoms. The highest BCUT2D eigenvalue weighted by Gasteiger charge is 2.24. The van der Waals surface area contributed by atoms with E-state index in [2.05, 4.69) is 0 Å². The van der Waals surface area contributed by atoms with Crippen molar-refractivity contribution in [1.29, 1.82) is 0 Å². The normalized spacial score (nSPS) is 28.3. The maximum absolute atomic E-state index is 10.2. The summed E-state index contributed by atoms with van der Waals surface area (Å²) in [6.45, 7) is 2.94.